The van der Waals surface area contributed by atoms with Gasteiger partial charge in [-0.3, -0.25) is 0 Å². The molecule has 16 heavy (non-hydrogen) atoms. The molecule has 0 atom stereocenters. The first-order chi connectivity index (χ1) is 7.56. The van der Waals surface area contributed by atoms with Gasteiger partial charge in [-0.15, -0.1) is 0 Å². The first-order valence-corrected chi connectivity index (χ1v) is 7.77. The Morgan fingerprint density at radius 3 is 2.06 bits per heavy atom. The molecule has 0 aromatic carbocycles. The first kappa shape index (κ1) is 16.5. The number of aliphatic hydroxyl groups is 3. The minimum atomic E-state index is -2.54. The summed E-state index contributed by atoms with van der Waals surface area (Å²) in [4.78, 5) is 0. The van der Waals surface area contributed by atoms with E-state index < -0.39 is 5.97 Å². The van der Waals surface area contributed by atoms with Crippen LogP contribution in [0.25, 0.3) is 0 Å². The van der Waals surface area contributed by atoms with E-state index >= 15 is 0 Å². The lowest BCUT2D eigenvalue weighted by molar-refractivity contribution is -0.293. The van der Waals surface area contributed by atoms with Crippen molar-refractivity contribution in [3.05, 3.63) is 0 Å². The summed E-state index contributed by atoms with van der Waals surface area (Å²) in [5.41, 5.74) is 0. The number of hydrogen-bond donors (Lipinski definition) is 3. The molecular weight excluding hydrogens is 248 g/mol. The van der Waals surface area contributed by atoms with Gasteiger partial charge in [-0.05, 0) is 30.1 Å². The molecule has 0 aliphatic heterocycles. The lowest BCUT2D eigenvalue weighted by Crippen LogP contribution is -2.30. The summed E-state index contributed by atoms with van der Waals surface area (Å²) < 4.78 is 5.40. The minimum Gasteiger partial charge on any atom is -0.381 e. The van der Waals surface area contributed by atoms with Gasteiger partial charge in [-0.1, -0.05) is 6.92 Å². The average Bonchev–Trinajstić information content (AvgIpc) is 2.19. The quantitative estimate of drug-likeness (QED) is 0.383. The second-order valence-corrected chi connectivity index (χ2v) is 5.84. The summed E-state index contributed by atoms with van der Waals surface area (Å²) in [6.07, 6.45) is 1.94. The largest absolute Gasteiger partial charge is 0.381 e. The Hall–Kier alpha value is 0.540. The van der Waals surface area contributed by atoms with E-state index in [1.165, 1.54) is 11.8 Å². The van der Waals surface area contributed by atoms with Crippen LogP contribution in [0.1, 0.15) is 19.8 Å². The van der Waals surface area contributed by atoms with Crippen LogP contribution in [0.5, 0.6) is 0 Å². The maximum atomic E-state index is 8.60. The van der Waals surface area contributed by atoms with Crippen molar-refractivity contribution in [2.24, 2.45) is 0 Å². The maximum Gasteiger partial charge on any atom is 0.284 e. The second-order valence-electron chi connectivity index (χ2n) is 3.34. The van der Waals surface area contributed by atoms with Crippen molar-refractivity contribution in [2.75, 3.05) is 36.2 Å². The van der Waals surface area contributed by atoms with Gasteiger partial charge in [0.15, 0.2) is 0 Å². The van der Waals surface area contributed by atoms with Crippen molar-refractivity contribution < 1.29 is 20.1 Å². The van der Waals surface area contributed by atoms with Crippen molar-refractivity contribution in [1.82, 2.24) is 0 Å². The molecule has 0 amide bonds. The molecule has 0 aliphatic rings. The van der Waals surface area contributed by atoms with Crippen molar-refractivity contribution >= 4 is 23.5 Å². The van der Waals surface area contributed by atoms with E-state index in [0.29, 0.717) is 6.61 Å². The molecule has 0 saturated carbocycles. The molecule has 0 aliphatic carbocycles. The maximum absolute atomic E-state index is 8.60. The van der Waals surface area contributed by atoms with Crippen LogP contribution >= 0.6 is 23.5 Å². The molecule has 0 aromatic rings. The Bertz CT molecular complexity index is 150. The Balaban J connectivity index is 2.99. The third-order valence-electron chi connectivity index (χ3n) is 1.65. The molecule has 98 valence electrons. The molecule has 4 nitrogen and oxygen atoms in total. The van der Waals surface area contributed by atoms with Gasteiger partial charge in [0.05, 0.1) is 5.75 Å². The molecule has 0 rings (SSSR count). The van der Waals surface area contributed by atoms with Gasteiger partial charge >= 0.3 is 0 Å². The third kappa shape index (κ3) is 14.5. The van der Waals surface area contributed by atoms with Crippen LogP contribution in [0.2, 0.25) is 0 Å². The van der Waals surface area contributed by atoms with E-state index in [2.05, 4.69) is 6.92 Å². The fraction of sp³-hybridized carbons (Fsp3) is 1.00. The van der Waals surface area contributed by atoms with Gasteiger partial charge in [0.25, 0.3) is 5.97 Å². The number of rotatable bonds is 11. The first-order valence-electron chi connectivity index (χ1n) is 5.46. The number of ether oxygens (including phenoxy) is 1. The van der Waals surface area contributed by atoms with E-state index in [0.717, 1.165) is 36.7 Å². The van der Waals surface area contributed by atoms with Crippen molar-refractivity contribution in [1.29, 1.82) is 0 Å². The Morgan fingerprint density at radius 1 is 1.00 bits per heavy atom. The molecule has 0 heterocycles. The van der Waals surface area contributed by atoms with Crippen molar-refractivity contribution in [3.63, 3.8) is 0 Å². The monoisotopic (exact) mass is 270 g/mol. The molecule has 0 saturated heterocycles. The molecule has 0 aromatic heterocycles. The highest BCUT2D eigenvalue weighted by Gasteiger charge is 2.16. The smallest absolute Gasteiger partial charge is 0.284 e. The van der Waals surface area contributed by atoms with Gasteiger partial charge in [0.2, 0.25) is 0 Å². The van der Waals surface area contributed by atoms with E-state index in [4.69, 9.17) is 20.1 Å². The highest BCUT2D eigenvalue weighted by molar-refractivity contribution is 7.99. The van der Waals surface area contributed by atoms with Crippen LogP contribution in [-0.2, 0) is 4.74 Å². The molecule has 0 spiro atoms. The zero-order chi connectivity index (χ0) is 12.3. The summed E-state index contributed by atoms with van der Waals surface area (Å²) in [7, 11) is 0. The highest BCUT2D eigenvalue weighted by atomic mass is 32.2. The third-order valence-corrected chi connectivity index (χ3v) is 3.81. The fourth-order valence-corrected chi connectivity index (χ4v) is 2.33. The lowest BCUT2D eigenvalue weighted by atomic mass is 10.5. The second kappa shape index (κ2) is 10.7. The lowest BCUT2D eigenvalue weighted by Gasteiger charge is -2.12. The fourth-order valence-electron chi connectivity index (χ4n) is 0.982. The van der Waals surface area contributed by atoms with Crippen molar-refractivity contribution in [3.8, 4) is 0 Å². The molecule has 0 unspecified atom stereocenters. The molecule has 0 fully saturated rings. The van der Waals surface area contributed by atoms with Crippen LogP contribution in [0, 0.1) is 0 Å². The van der Waals surface area contributed by atoms with E-state index in [1.807, 2.05) is 11.8 Å². The predicted molar refractivity (Wildman–Crippen MR) is 69.8 cm³/mol. The average molecular weight is 270 g/mol. The Kier molecular flexibility index (Phi) is 11.0. The van der Waals surface area contributed by atoms with Gasteiger partial charge in [0, 0.05) is 13.2 Å². The molecule has 0 radical (unpaired) electrons. The highest BCUT2D eigenvalue weighted by Crippen LogP contribution is 2.09. The predicted octanol–water partition coefficient (Wildman–Crippen LogP) is 0.900. The normalized spacial score (nSPS) is 12.0. The summed E-state index contributed by atoms with van der Waals surface area (Å²) >= 11 is 3.21. The van der Waals surface area contributed by atoms with E-state index in [1.54, 1.807) is 0 Å². The molecule has 6 heteroatoms. The van der Waals surface area contributed by atoms with Crippen LogP contribution in [0.3, 0.4) is 0 Å². The topological polar surface area (TPSA) is 69.9 Å². The minimum absolute atomic E-state index is 0.0832. The summed E-state index contributed by atoms with van der Waals surface area (Å²) in [6, 6.07) is 0. The zero-order valence-corrected chi connectivity index (χ0v) is 11.4. The Morgan fingerprint density at radius 2 is 1.56 bits per heavy atom. The Labute approximate surface area is 106 Å². The standard InChI is InChI=1S/C10H22O4S2/c1-2-15-7-3-5-14-6-4-8-16-9-10(11,12)13/h11-13H,2-9H2,1H3. The van der Waals surface area contributed by atoms with Crippen LogP contribution in [0.4, 0.5) is 0 Å². The van der Waals surface area contributed by atoms with E-state index in [-0.39, 0.29) is 5.75 Å². The van der Waals surface area contributed by atoms with Gasteiger partial charge in [-0.25, -0.2) is 0 Å². The number of hydrogen-bond acceptors (Lipinski definition) is 6. The summed E-state index contributed by atoms with van der Waals surface area (Å²) in [5.74, 6) is 0.436. The molecule has 3 N–H and O–H groups in total. The van der Waals surface area contributed by atoms with Crippen LogP contribution < -0.4 is 0 Å². The zero-order valence-electron chi connectivity index (χ0n) is 9.72. The summed E-state index contributed by atoms with van der Waals surface area (Å²) in [6.45, 7) is 3.63. The SMILES string of the molecule is CCSCCCOCCCSCC(O)(O)O. The van der Waals surface area contributed by atoms with Crippen LogP contribution in [-0.4, -0.2) is 57.5 Å². The van der Waals surface area contributed by atoms with Gasteiger partial charge < -0.3 is 20.1 Å². The molecule has 0 bridgehead atoms. The van der Waals surface area contributed by atoms with Crippen molar-refractivity contribution in [2.45, 2.75) is 25.7 Å². The van der Waals surface area contributed by atoms with Crippen LogP contribution in [0.15, 0.2) is 0 Å². The summed E-state index contributed by atoms with van der Waals surface area (Å²) in [5, 5.41) is 25.8. The number of thioether (sulfide) groups is 2. The molecular formula is C10H22O4S2. The van der Waals surface area contributed by atoms with Gasteiger partial charge in [0.1, 0.15) is 0 Å². The van der Waals surface area contributed by atoms with Gasteiger partial charge in [-0.2, -0.15) is 23.5 Å². The van der Waals surface area contributed by atoms with E-state index in [9.17, 15) is 0 Å².